The number of hydrogen-bond acceptors (Lipinski definition) is 3. The molecule has 0 saturated carbocycles. The molecule has 0 heterocycles. The number of para-hydroxylation sites is 2. The molecule has 0 aliphatic carbocycles. The smallest absolute Gasteiger partial charge is 0.404 e. The summed E-state index contributed by atoms with van der Waals surface area (Å²) >= 11 is 1.76. The number of amides is 1. The van der Waals surface area contributed by atoms with Crippen molar-refractivity contribution in [2.45, 2.75) is 19.0 Å². The third-order valence-corrected chi connectivity index (χ3v) is 4.00. The van der Waals surface area contributed by atoms with Crippen molar-refractivity contribution in [1.82, 2.24) is 0 Å². The number of alkyl halides is 3. The summed E-state index contributed by atoms with van der Waals surface area (Å²) in [6.07, 6.45) is -4.82. The minimum Gasteiger partial charge on any atom is -0.404 e. The van der Waals surface area contributed by atoms with Gasteiger partial charge in [0.05, 0.1) is 5.69 Å². The van der Waals surface area contributed by atoms with Crippen molar-refractivity contribution in [1.29, 1.82) is 0 Å². The zero-order chi connectivity index (χ0) is 17.6. The number of hydrogen-bond donors (Lipinski definition) is 1. The van der Waals surface area contributed by atoms with E-state index < -0.39 is 18.0 Å². The third kappa shape index (κ3) is 5.49. The molecule has 0 aliphatic rings. The maximum Gasteiger partial charge on any atom is 0.573 e. The average molecular weight is 355 g/mol. The molecule has 128 valence electrons. The van der Waals surface area contributed by atoms with Crippen LogP contribution in [-0.4, -0.2) is 18.0 Å². The van der Waals surface area contributed by atoms with Gasteiger partial charge in [-0.2, -0.15) is 11.8 Å². The molecular formula is C17H16F3NO2S. The Morgan fingerprint density at radius 2 is 1.79 bits per heavy atom. The molecule has 0 unspecified atom stereocenters. The number of carbonyl (C=O) groups excluding carboxylic acids is 1. The van der Waals surface area contributed by atoms with E-state index in [4.69, 9.17) is 0 Å². The van der Waals surface area contributed by atoms with E-state index in [1.54, 1.807) is 23.9 Å². The van der Waals surface area contributed by atoms with Crippen LogP contribution in [0.4, 0.5) is 18.9 Å². The van der Waals surface area contributed by atoms with Crippen molar-refractivity contribution < 1.29 is 22.7 Å². The van der Waals surface area contributed by atoms with Crippen LogP contribution in [0.25, 0.3) is 0 Å². The Morgan fingerprint density at radius 3 is 2.42 bits per heavy atom. The highest BCUT2D eigenvalue weighted by molar-refractivity contribution is 7.98. The molecule has 1 amide bonds. The number of thioether (sulfide) groups is 1. The van der Waals surface area contributed by atoms with Gasteiger partial charge in [0.1, 0.15) is 0 Å². The van der Waals surface area contributed by atoms with Gasteiger partial charge < -0.3 is 10.1 Å². The number of carbonyl (C=O) groups is 1. The summed E-state index contributed by atoms with van der Waals surface area (Å²) in [5.74, 6) is 0.899. The van der Waals surface area contributed by atoms with Gasteiger partial charge in [-0.3, -0.25) is 4.79 Å². The zero-order valence-electron chi connectivity index (χ0n) is 12.9. The first-order valence-corrected chi connectivity index (χ1v) is 8.37. The molecule has 0 atom stereocenters. The number of benzene rings is 2. The quantitative estimate of drug-likeness (QED) is 0.784. The van der Waals surface area contributed by atoms with Gasteiger partial charge in [-0.05, 0) is 35.6 Å². The lowest BCUT2D eigenvalue weighted by Gasteiger charge is -2.14. The topological polar surface area (TPSA) is 38.3 Å². The molecule has 2 rings (SSSR count). The highest BCUT2D eigenvalue weighted by atomic mass is 32.2. The molecule has 7 heteroatoms. The van der Waals surface area contributed by atoms with E-state index in [0.717, 1.165) is 23.1 Å². The van der Waals surface area contributed by atoms with Crippen LogP contribution in [0.3, 0.4) is 0 Å². The SMILES string of the molecule is CCSCc1ccc(C(=O)Nc2ccccc2OC(F)(F)F)cc1. The zero-order valence-corrected chi connectivity index (χ0v) is 13.7. The van der Waals surface area contributed by atoms with Crippen molar-refractivity contribution in [2.75, 3.05) is 11.1 Å². The lowest BCUT2D eigenvalue weighted by Crippen LogP contribution is -2.19. The molecular weight excluding hydrogens is 339 g/mol. The Hall–Kier alpha value is -2.15. The van der Waals surface area contributed by atoms with Crippen LogP contribution in [0.15, 0.2) is 48.5 Å². The number of halogens is 3. The van der Waals surface area contributed by atoms with E-state index in [1.165, 1.54) is 18.2 Å². The van der Waals surface area contributed by atoms with E-state index in [0.29, 0.717) is 5.56 Å². The molecule has 2 aromatic rings. The standard InChI is InChI=1S/C17H16F3NO2S/c1-2-24-11-12-7-9-13(10-8-12)16(22)21-14-5-3-4-6-15(14)23-17(18,19)20/h3-10H,2,11H2,1H3,(H,21,22). The molecule has 24 heavy (non-hydrogen) atoms. The van der Waals surface area contributed by atoms with E-state index in [2.05, 4.69) is 17.0 Å². The van der Waals surface area contributed by atoms with Crippen molar-refractivity contribution in [3.63, 3.8) is 0 Å². The second-order valence-electron chi connectivity index (χ2n) is 4.83. The largest absolute Gasteiger partial charge is 0.573 e. The Kier molecular flexibility index (Phi) is 6.14. The van der Waals surface area contributed by atoms with E-state index >= 15 is 0 Å². The summed E-state index contributed by atoms with van der Waals surface area (Å²) in [6, 6.07) is 12.4. The van der Waals surface area contributed by atoms with E-state index in [9.17, 15) is 18.0 Å². The first-order valence-electron chi connectivity index (χ1n) is 7.22. The Balaban J connectivity index is 2.09. The molecule has 2 aromatic carbocycles. The lowest BCUT2D eigenvalue weighted by atomic mass is 10.1. The normalized spacial score (nSPS) is 11.2. The first-order chi connectivity index (χ1) is 11.4. The van der Waals surface area contributed by atoms with Gasteiger partial charge in [-0.1, -0.05) is 31.2 Å². The maximum absolute atomic E-state index is 12.4. The second-order valence-corrected chi connectivity index (χ2v) is 6.11. The summed E-state index contributed by atoms with van der Waals surface area (Å²) in [7, 11) is 0. The fraction of sp³-hybridized carbons (Fsp3) is 0.235. The van der Waals surface area contributed by atoms with Crippen LogP contribution in [0, 0.1) is 0 Å². The highest BCUT2D eigenvalue weighted by Gasteiger charge is 2.32. The van der Waals surface area contributed by atoms with Gasteiger partial charge in [0, 0.05) is 11.3 Å². The summed E-state index contributed by atoms with van der Waals surface area (Å²) in [6.45, 7) is 2.06. The van der Waals surface area contributed by atoms with Crippen molar-refractivity contribution in [2.24, 2.45) is 0 Å². The summed E-state index contributed by atoms with van der Waals surface area (Å²) < 4.78 is 41.1. The van der Waals surface area contributed by atoms with Gasteiger partial charge in [-0.25, -0.2) is 0 Å². The van der Waals surface area contributed by atoms with Crippen LogP contribution in [0.2, 0.25) is 0 Å². The molecule has 0 aromatic heterocycles. The third-order valence-electron chi connectivity index (χ3n) is 3.05. The molecule has 1 N–H and O–H groups in total. The minimum atomic E-state index is -4.82. The Bertz CT molecular complexity index is 687. The number of anilines is 1. The van der Waals surface area contributed by atoms with Crippen LogP contribution in [0.5, 0.6) is 5.75 Å². The number of nitrogens with one attached hydrogen (secondary N) is 1. The first kappa shape index (κ1) is 18.2. The maximum atomic E-state index is 12.4. The lowest BCUT2D eigenvalue weighted by molar-refractivity contribution is -0.274. The summed E-state index contributed by atoms with van der Waals surface area (Å²) in [4.78, 5) is 12.2. The number of ether oxygens (including phenoxy) is 1. The Morgan fingerprint density at radius 1 is 1.12 bits per heavy atom. The molecule has 0 spiro atoms. The fourth-order valence-corrected chi connectivity index (χ4v) is 2.58. The summed E-state index contributed by atoms with van der Waals surface area (Å²) in [5, 5.41) is 2.44. The predicted octanol–water partition coefficient (Wildman–Crippen LogP) is 5.09. The van der Waals surface area contributed by atoms with E-state index in [1.807, 2.05) is 12.1 Å². The van der Waals surface area contributed by atoms with Gasteiger partial charge in [0.25, 0.3) is 5.91 Å². The van der Waals surface area contributed by atoms with Crippen molar-refractivity contribution in [3.8, 4) is 5.75 Å². The molecule has 0 aliphatic heterocycles. The van der Waals surface area contributed by atoms with Crippen LogP contribution < -0.4 is 10.1 Å². The second kappa shape index (κ2) is 8.10. The van der Waals surface area contributed by atoms with Crippen LogP contribution >= 0.6 is 11.8 Å². The monoisotopic (exact) mass is 355 g/mol. The average Bonchev–Trinajstić information content (AvgIpc) is 2.54. The van der Waals surface area contributed by atoms with Crippen molar-refractivity contribution in [3.05, 3.63) is 59.7 Å². The van der Waals surface area contributed by atoms with Crippen LogP contribution in [-0.2, 0) is 5.75 Å². The molecule has 0 bridgehead atoms. The van der Waals surface area contributed by atoms with Gasteiger partial charge in [-0.15, -0.1) is 13.2 Å². The molecule has 0 radical (unpaired) electrons. The minimum absolute atomic E-state index is 0.0366. The highest BCUT2D eigenvalue weighted by Crippen LogP contribution is 2.30. The van der Waals surface area contributed by atoms with E-state index in [-0.39, 0.29) is 5.69 Å². The fourth-order valence-electron chi connectivity index (χ4n) is 1.95. The van der Waals surface area contributed by atoms with Gasteiger partial charge in [0.15, 0.2) is 5.75 Å². The van der Waals surface area contributed by atoms with Crippen molar-refractivity contribution >= 4 is 23.4 Å². The van der Waals surface area contributed by atoms with Crippen LogP contribution in [0.1, 0.15) is 22.8 Å². The summed E-state index contributed by atoms with van der Waals surface area (Å²) in [5.41, 5.74) is 1.41. The molecule has 3 nitrogen and oxygen atoms in total. The van der Waals surface area contributed by atoms with Gasteiger partial charge >= 0.3 is 6.36 Å². The predicted molar refractivity (Wildman–Crippen MR) is 89.4 cm³/mol. The van der Waals surface area contributed by atoms with Gasteiger partial charge in [0.2, 0.25) is 0 Å². The molecule has 0 saturated heterocycles. The molecule has 0 fully saturated rings. The number of rotatable bonds is 6. The Labute approximate surface area is 142 Å².